The summed E-state index contributed by atoms with van der Waals surface area (Å²) in [6.07, 6.45) is 0.945. The Labute approximate surface area is 345 Å². The molecule has 0 heterocycles. The number of hydrogen-bond donors (Lipinski definition) is 0. The summed E-state index contributed by atoms with van der Waals surface area (Å²) in [5, 5.41) is 5.31. The predicted molar refractivity (Wildman–Crippen MR) is 247 cm³/mol. The quantitative estimate of drug-likeness (QED) is 0.164. The van der Waals surface area contributed by atoms with Crippen LogP contribution >= 0.6 is 0 Å². The van der Waals surface area contributed by atoms with E-state index >= 15 is 0 Å². The van der Waals surface area contributed by atoms with Gasteiger partial charge in [-0.25, -0.2) is 0 Å². The molecular formula is C58H39N. The second-order valence-corrected chi connectivity index (χ2v) is 16.0. The highest BCUT2D eigenvalue weighted by atomic mass is 15.1. The van der Waals surface area contributed by atoms with Gasteiger partial charge in [0.15, 0.2) is 0 Å². The van der Waals surface area contributed by atoms with E-state index in [2.05, 4.69) is 229 Å². The molecule has 10 aromatic rings. The van der Waals surface area contributed by atoms with Crippen molar-refractivity contribution in [2.45, 2.75) is 11.8 Å². The molecule has 0 fully saturated rings. The van der Waals surface area contributed by atoms with Gasteiger partial charge in [-0.15, -0.1) is 0 Å². The van der Waals surface area contributed by atoms with Crippen molar-refractivity contribution in [2.75, 3.05) is 4.90 Å². The van der Waals surface area contributed by atoms with Crippen molar-refractivity contribution in [1.29, 1.82) is 0 Å². The molecule has 276 valence electrons. The molecule has 2 aliphatic carbocycles. The molecule has 0 saturated carbocycles. The molecule has 12 rings (SSSR count). The number of fused-ring (bicyclic) bond motifs is 7. The number of rotatable bonds is 6. The Hall–Kier alpha value is -7.48. The van der Waals surface area contributed by atoms with E-state index in [0.29, 0.717) is 0 Å². The van der Waals surface area contributed by atoms with Crippen LogP contribution in [-0.4, -0.2) is 0 Å². The largest absolute Gasteiger partial charge is 0.310 e. The number of benzene rings is 10. The molecule has 1 nitrogen and oxygen atoms in total. The van der Waals surface area contributed by atoms with Gasteiger partial charge >= 0.3 is 0 Å². The predicted octanol–water partition coefficient (Wildman–Crippen LogP) is 15.1. The smallest absolute Gasteiger partial charge is 0.0714 e. The maximum absolute atomic E-state index is 2.45. The first-order valence-electron chi connectivity index (χ1n) is 20.6. The zero-order valence-electron chi connectivity index (χ0n) is 32.5. The Kier molecular flexibility index (Phi) is 7.58. The van der Waals surface area contributed by atoms with E-state index in [1.807, 2.05) is 0 Å². The molecule has 0 amide bonds. The molecule has 0 aliphatic heterocycles. The summed E-state index contributed by atoms with van der Waals surface area (Å²) in [5.41, 5.74) is 18.6. The van der Waals surface area contributed by atoms with Gasteiger partial charge in [-0.2, -0.15) is 0 Å². The second-order valence-electron chi connectivity index (χ2n) is 16.0. The Morgan fingerprint density at radius 2 is 0.932 bits per heavy atom. The minimum absolute atomic E-state index is 0.474. The fraction of sp³-hybridized carbons (Fsp3) is 0.0345. The highest BCUT2D eigenvalue weighted by Gasteiger charge is 2.46. The fourth-order valence-corrected chi connectivity index (χ4v) is 10.5. The second kappa shape index (κ2) is 13.3. The molecule has 0 atom stereocenters. The lowest BCUT2D eigenvalue weighted by molar-refractivity contribution is 0.768. The van der Waals surface area contributed by atoms with Gasteiger partial charge in [-0.1, -0.05) is 188 Å². The molecule has 59 heavy (non-hydrogen) atoms. The molecule has 0 N–H and O–H groups in total. The maximum atomic E-state index is 2.45. The summed E-state index contributed by atoms with van der Waals surface area (Å²) >= 11 is 0. The molecular weight excluding hydrogens is 711 g/mol. The topological polar surface area (TPSA) is 3.24 Å². The highest BCUT2D eigenvalue weighted by molar-refractivity contribution is 6.13. The fourth-order valence-electron chi connectivity index (χ4n) is 10.5. The first-order chi connectivity index (χ1) is 29.3. The Morgan fingerprint density at radius 3 is 1.71 bits per heavy atom. The number of nitrogens with zero attached hydrogens (tertiary/aromatic N) is 1. The normalized spacial score (nSPS) is 13.2. The standard InChI is InChI=1S/C58H39N/c1-4-16-43(17-5-1)58(44-18-6-2-7-19-44)54-26-13-12-23-50(54)51-36-34-47(38-55(51)58)59(45-20-8-3-9-21-45)46-32-29-40(30-33-46)48-35-31-42-37-41-28-27-39-15-10-11-22-49(39)56(41)53-25-14-24-52(48)57(42)53/h1-36,38H,37H2. The van der Waals surface area contributed by atoms with Gasteiger partial charge < -0.3 is 4.90 Å². The van der Waals surface area contributed by atoms with Gasteiger partial charge in [-0.05, 0) is 131 Å². The number of hydrogen-bond acceptors (Lipinski definition) is 1. The molecule has 0 aromatic heterocycles. The first kappa shape index (κ1) is 33.6. The SMILES string of the molecule is c1ccc(N(c2ccc(-c3ccc4c5c(cccc35)-c3c(ccc5ccccc35)C4)cc2)c2ccc3c(c2)C(c2ccccc2)(c2ccccc2)c2ccccc2-3)cc1. The van der Waals surface area contributed by atoms with E-state index in [1.165, 1.54) is 88.3 Å². The van der Waals surface area contributed by atoms with Gasteiger partial charge in [0.05, 0.1) is 5.41 Å². The van der Waals surface area contributed by atoms with Gasteiger partial charge in [0.2, 0.25) is 0 Å². The third-order valence-electron chi connectivity index (χ3n) is 12.9. The van der Waals surface area contributed by atoms with Crippen LogP contribution in [-0.2, 0) is 11.8 Å². The molecule has 2 aliphatic rings. The first-order valence-corrected chi connectivity index (χ1v) is 20.6. The Bertz CT molecular complexity index is 3180. The summed E-state index contributed by atoms with van der Waals surface area (Å²) in [7, 11) is 0. The van der Waals surface area contributed by atoms with Crippen LogP contribution in [0.1, 0.15) is 33.4 Å². The van der Waals surface area contributed by atoms with Crippen molar-refractivity contribution in [3.63, 3.8) is 0 Å². The van der Waals surface area contributed by atoms with Gasteiger partial charge in [0, 0.05) is 17.1 Å². The van der Waals surface area contributed by atoms with Crippen molar-refractivity contribution >= 4 is 38.6 Å². The van der Waals surface area contributed by atoms with E-state index in [1.54, 1.807) is 0 Å². The Morgan fingerprint density at radius 1 is 0.356 bits per heavy atom. The monoisotopic (exact) mass is 749 g/mol. The molecule has 0 spiro atoms. The third kappa shape index (κ3) is 5.05. The lowest BCUT2D eigenvalue weighted by Crippen LogP contribution is -2.28. The number of anilines is 3. The van der Waals surface area contributed by atoms with Gasteiger partial charge in [0.25, 0.3) is 0 Å². The summed E-state index contributed by atoms with van der Waals surface area (Å²) in [5.74, 6) is 0. The highest BCUT2D eigenvalue weighted by Crippen LogP contribution is 2.57. The van der Waals surface area contributed by atoms with Crippen molar-refractivity contribution in [3.05, 3.63) is 258 Å². The van der Waals surface area contributed by atoms with Crippen LogP contribution < -0.4 is 4.90 Å². The summed E-state index contributed by atoms with van der Waals surface area (Å²) < 4.78 is 0. The van der Waals surface area contributed by atoms with E-state index in [0.717, 1.165) is 23.5 Å². The van der Waals surface area contributed by atoms with E-state index in [9.17, 15) is 0 Å². The lowest BCUT2D eigenvalue weighted by Gasteiger charge is -2.35. The van der Waals surface area contributed by atoms with E-state index in [4.69, 9.17) is 0 Å². The average molecular weight is 750 g/mol. The summed E-state index contributed by atoms with van der Waals surface area (Å²) in [4.78, 5) is 2.41. The zero-order chi connectivity index (χ0) is 38.9. The van der Waals surface area contributed by atoms with Crippen LogP contribution in [0.15, 0.2) is 224 Å². The molecule has 10 aromatic carbocycles. The maximum Gasteiger partial charge on any atom is 0.0714 e. The molecule has 0 saturated heterocycles. The van der Waals surface area contributed by atoms with Crippen LogP contribution in [0, 0.1) is 0 Å². The lowest BCUT2D eigenvalue weighted by atomic mass is 9.67. The average Bonchev–Trinajstić information content (AvgIpc) is 3.61. The van der Waals surface area contributed by atoms with Crippen LogP contribution in [0.25, 0.3) is 54.9 Å². The summed E-state index contributed by atoms with van der Waals surface area (Å²) in [6, 6.07) is 83.2. The molecule has 0 radical (unpaired) electrons. The molecule has 0 unspecified atom stereocenters. The zero-order valence-corrected chi connectivity index (χ0v) is 32.5. The van der Waals surface area contributed by atoms with Gasteiger partial charge in [-0.3, -0.25) is 0 Å². The minimum Gasteiger partial charge on any atom is -0.310 e. The van der Waals surface area contributed by atoms with Crippen molar-refractivity contribution in [1.82, 2.24) is 0 Å². The van der Waals surface area contributed by atoms with E-state index < -0.39 is 5.41 Å². The summed E-state index contributed by atoms with van der Waals surface area (Å²) in [6.45, 7) is 0. The van der Waals surface area contributed by atoms with Gasteiger partial charge in [0.1, 0.15) is 0 Å². The van der Waals surface area contributed by atoms with Crippen LogP contribution in [0.5, 0.6) is 0 Å². The van der Waals surface area contributed by atoms with E-state index in [-0.39, 0.29) is 0 Å². The van der Waals surface area contributed by atoms with Crippen LogP contribution in [0.2, 0.25) is 0 Å². The van der Waals surface area contributed by atoms with Crippen LogP contribution in [0.3, 0.4) is 0 Å². The van der Waals surface area contributed by atoms with Crippen molar-refractivity contribution in [2.24, 2.45) is 0 Å². The van der Waals surface area contributed by atoms with Crippen molar-refractivity contribution in [3.8, 4) is 33.4 Å². The molecule has 0 bridgehead atoms. The molecule has 1 heteroatoms. The number of para-hydroxylation sites is 1. The Balaban J connectivity index is 1.01. The minimum atomic E-state index is -0.474. The third-order valence-corrected chi connectivity index (χ3v) is 12.9. The van der Waals surface area contributed by atoms with Crippen LogP contribution in [0.4, 0.5) is 17.1 Å². The van der Waals surface area contributed by atoms with Crippen molar-refractivity contribution < 1.29 is 0 Å².